The van der Waals surface area contributed by atoms with Gasteiger partial charge in [-0.05, 0) is 142 Å². The molecule has 384 valence electrons. The number of nitrogens with zero attached hydrogens (tertiary/aromatic N) is 11. The Labute approximate surface area is 436 Å². The average Bonchev–Trinajstić information content (AvgIpc) is 4.08. The van der Waals surface area contributed by atoms with E-state index in [-0.39, 0.29) is 28.5 Å². The molecule has 1 atom stereocenters. The van der Waals surface area contributed by atoms with Crippen molar-refractivity contribution in [2.45, 2.75) is 129 Å². The van der Waals surface area contributed by atoms with Crippen LogP contribution >= 0.6 is 39.5 Å². The predicted octanol–water partition coefficient (Wildman–Crippen LogP) is 11.9. The van der Waals surface area contributed by atoms with Crippen LogP contribution in [-0.2, 0) is 0 Å². The maximum atomic E-state index is 14.9. The Bertz CT molecular complexity index is 3040. The second-order valence-electron chi connectivity index (χ2n) is 20.9. The van der Waals surface area contributed by atoms with Crippen LogP contribution in [0.25, 0.3) is 33.1 Å². The Balaban J connectivity index is 0.000000177. The lowest BCUT2D eigenvalue weighted by Crippen LogP contribution is -2.47. The van der Waals surface area contributed by atoms with Gasteiger partial charge in [-0.15, -0.1) is 31.7 Å². The molecule has 5 aromatic heterocycles. The van der Waals surface area contributed by atoms with Crippen LogP contribution in [0.1, 0.15) is 150 Å². The number of Topliss-reactive ketones (excluding diaryl/α,β-unsaturated/α-hetero) is 1. The number of benzene rings is 2. The summed E-state index contributed by atoms with van der Waals surface area (Å²) < 4.78 is 58.7. The van der Waals surface area contributed by atoms with Crippen molar-refractivity contribution in [3.63, 3.8) is 0 Å². The maximum Gasteiger partial charge on any atom is 0.185 e. The topological polar surface area (TPSA) is 149 Å². The van der Waals surface area contributed by atoms with Gasteiger partial charge in [0.15, 0.2) is 28.7 Å². The number of halogens is 5. The molecule has 2 aromatic carbocycles. The number of alkyl halides is 1. The number of thiazole rings is 1. The molecule has 0 bridgehead atoms. The van der Waals surface area contributed by atoms with Gasteiger partial charge in [-0.2, -0.15) is 19.2 Å². The minimum atomic E-state index is -0.905. The van der Waals surface area contributed by atoms with Crippen LogP contribution in [0, 0.1) is 29.2 Å². The molecule has 0 radical (unpaired) electrons. The number of hydrogen-bond donors (Lipinski definition) is 1. The molecule has 0 aliphatic carbocycles. The third-order valence-corrected chi connectivity index (χ3v) is 15.5. The fourth-order valence-electron chi connectivity index (χ4n) is 8.74. The van der Waals surface area contributed by atoms with Crippen molar-refractivity contribution in [3.8, 4) is 21.8 Å². The molecule has 7 aromatic rings. The van der Waals surface area contributed by atoms with Gasteiger partial charge in [0.2, 0.25) is 0 Å². The highest BCUT2D eigenvalue weighted by molar-refractivity contribution is 9.09. The first-order valence-electron chi connectivity index (χ1n) is 24.2. The summed E-state index contributed by atoms with van der Waals surface area (Å²) in [6.45, 7) is 25.7. The molecule has 2 aliphatic rings. The number of fused-ring (bicyclic) bond motifs is 2. The van der Waals surface area contributed by atoms with Gasteiger partial charge in [-0.1, -0.05) is 55.8 Å². The Morgan fingerprint density at radius 1 is 0.708 bits per heavy atom. The molecule has 20 heteroatoms. The number of ketones is 1. The number of piperidine rings is 2. The zero-order valence-electron chi connectivity index (χ0n) is 42.4. The normalized spacial score (nSPS) is 16.0. The standard InChI is InChI=1S/C26H30F2N6S.C16H13BrF2N4O.C10H20N2S/c1-15(2)24-31-30-21-9-8-20(32-34(21)24)23-22(18-7-6-17(27)14-19(18)28)29-25(35-23)16-10-12-33(13-11-16)26(3,4)5;1-8(2)16-21-20-13-6-5-12(22-23(13)16)14(17)15(24)10-4-3-9(18)7-11(10)19;1-10(2,3)12-6-4-8(5-7-12)9(11)13/h6-9,14-16H,10-13H2,1-5H3;3-8,14H,1-2H3;8H,4-7H2,1-3H3,(H2,11,13). The van der Waals surface area contributed by atoms with Crippen molar-refractivity contribution in [1.29, 1.82) is 0 Å². The van der Waals surface area contributed by atoms with E-state index in [4.69, 9.17) is 28.0 Å². The minimum Gasteiger partial charge on any atom is -0.393 e. The molecule has 0 amide bonds. The number of hydrogen-bond acceptors (Lipinski definition) is 12. The number of thiocarbonyl (C=S) groups is 1. The molecule has 72 heavy (non-hydrogen) atoms. The van der Waals surface area contributed by atoms with Crippen molar-refractivity contribution >= 4 is 61.6 Å². The summed E-state index contributed by atoms with van der Waals surface area (Å²) in [5.41, 5.74) is 8.93. The third kappa shape index (κ3) is 12.6. The van der Waals surface area contributed by atoms with Gasteiger partial charge in [0.05, 0.1) is 31.8 Å². The highest BCUT2D eigenvalue weighted by Gasteiger charge is 2.32. The van der Waals surface area contributed by atoms with E-state index >= 15 is 0 Å². The molecule has 2 N–H and O–H groups in total. The van der Waals surface area contributed by atoms with Crippen molar-refractivity contribution in [2.75, 3.05) is 26.2 Å². The van der Waals surface area contributed by atoms with Gasteiger partial charge in [0, 0.05) is 52.4 Å². The fourth-order valence-corrected chi connectivity index (χ4v) is 10.7. The summed E-state index contributed by atoms with van der Waals surface area (Å²) >= 11 is 9.81. The minimum absolute atomic E-state index is 0.0989. The van der Waals surface area contributed by atoms with Crippen LogP contribution in [0.4, 0.5) is 17.6 Å². The molecule has 0 saturated carbocycles. The lowest BCUT2D eigenvalue weighted by molar-refractivity contribution is 0.0985. The Morgan fingerprint density at radius 2 is 1.22 bits per heavy atom. The lowest BCUT2D eigenvalue weighted by Gasteiger charge is -2.40. The Kier molecular flexibility index (Phi) is 17.1. The van der Waals surface area contributed by atoms with Crippen molar-refractivity contribution in [3.05, 3.63) is 112 Å². The Hall–Kier alpha value is -5.15. The number of nitrogens with two attached hydrogens (primary N) is 1. The fraction of sp³-hybridized carbons (Fsp3) is 0.481. The van der Waals surface area contributed by atoms with Gasteiger partial charge in [0.25, 0.3) is 0 Å². The number of aromatic nitrogens is 9. The predicted molar refractivity (Wildman–Crippen MR) is 283 cm³/mol. The first-order valence-corrected chi connectivity index (χ1v) is 26.4. The molecular formula is C52H63BrF4N12OS2. The van der Waals surface area contributed by atoms with E-state index < -0.39 is 33.9 Å². The van der Waals surface area contributed by atoms with E-state index in [0.29, 0.717) is 62.6 Å². The zero-order chi connectivity index (χ0) is 52.4. The highest BCUT2D eigenvalue weighted by Crippen LogP contribution is 2.42. The van der Waals surface area contributed by atoms with Crippen molar-refractivity contribution in [1.82, 2.24) is 54.4 Å². The largest absolute Gasteiger partial charge is 0.393 e. The van der Waals surface area contributed by atoms with Crippen molar-refractivity contribution < 1.29 is 22.4 Å². The first kappa shape index (κ1) is 54.6. The lowest BCUT2D eigenvalue weighted by atomic mass is 9.93. The summed E-state index contributed by atoms with van der Waals surface area (Å²) in [7, 11) is 0. The highest BCUT2D eigenvalue weighted by atomic mass is 79.9. The quantitative estimate of drug-likeness (QED) is 0.0635. The average molecular weight is 1090 g/mol. The summed E-state index contributed by atoms with van der Waals surface area (Å²) in [6.07, 6.45) is 4.25. The summed E-state index contributed by atoms with van der Waals surface area (Å²) in [6, 6.07) is 13.5. The van der Waals surface area contributed by atoms with E-state index in [1.54, 1.807) is 32.5 Å². The van der Waals surface area contributed by atoms with Crippen LogP contribution < -0.4 is 5.73 Å². The molecule has 0 spiro atoms. The maximum absolute atomic E-state index is 14.9. The van der Waals surface area contributed by atoms with Gasteiger partial charge >= 0.3 is 0 Å². The molecular weight excluding hydrogens is 1030 g/mol. The molecule has 13 nitrogen and oxygen atoms in total. The number of carbonyl (C=O) groups is 1. The van der Waals surface area contributed by atoms with E-state index in [0.717, 1.165) is 85.8 Å². The van der Waals surface area contributed by atoms with Crippen LogP contribution in [-0.4, -0.2) is 102 Å². The SMILES string of the molecule is CC(C)(C)N1CCC(C(N)=S)CC1.CC(C)c1nnc2ccc(-c3sc(C4CCN(C(C)(C)C)CC4)nc3-c3ccc(F)cc3F)nn12.CC(C)c1nnc2ccc(C(Br)C(=O)c3ccc(F)cc3F)nn12. The van der Waals surface area contributed by atoms with Gasteiger partial charge in [-0.3, -0.25) is 14.6 Å². The van der Waals surface area contributed by atoms with Gasteiger partial charge in [-0.25, -0.2) is 22.5 Å². The molecule has 2 fully saturated rings. The molecule has 7 heterocycles. The molecule has 1 unspecified atom stereocenters. The second-order valence-corrected chi connectivity index (χ2v) is 23.3. The van der Waals surface area contributed by atoms with Gasteiger partial charge in [0.1, 0.15) is 33.8 Å². The van der Waals surface area contributed by atoms with E-state index in [1.165, 1.54) is 12.1 Å². The summed E-state index contributed by atoms with van der Waals surface area (Å²) in [5.74, 6) is -0.983. The van der Waals surface area contributed by atoms with E-state index in [2.05, 4.69) is 92.8 Å². The van der Waals surface area contributed by atoms with Gasteiger partial charge < -0.3 is 5.73 Å². The summed E-state index contributed by atoms with van der Waals surface area (Å²) in [4.78, 5) is 23.0. The molecule has 9 rings (SSSR count). The number of carbonyl (C=O) groups excluding carboxylic acids is 1. The monoisotopic (exact) mass is 1090 g/mol. The Morgan fingerprint density at radius 3 is 1.74 bits per heavy atom. The van der Waals surface area contributed by atoms with E-state index in [9.17, 15) is 22.4 Å². The van der Waals surface area contributed by atoms with Crippen LogP contribution in [0.3, 0.4) is 0 Å². The van der Waals surface area contributed by atoms with Crippen molar-refractivity contribution in [2.24, 2.45) is 11.7 Å². The number of rotatable bonds is 9. The molecule has 2 saturated heterocycles. The smallest absolute Gasteiger partial charge is 0.185 e. The summed E-state index contributed by atoms with van der Waals surface area (Å²) in [5, 5.41) is 26.7. The molecule has 2 aliphatic heterocycles. The van der Waals surface area contributed by atoms with Crippen LogP contribution in [0.5, 0.6) is 0 Å². The van der Waals surface area contributed by atoms with Crippen LogP contribution in [0.2, 0.25) is 0 Å². The second kappa shape index (κ2) is 22.5. The third-order valence-electron chi connectivity index (χ3n) is 13.0. The van der Waals surface area contributed by atoms with Crippen LogP contribution in [0.15, 0.2) is 60.7 Å². The first-order chi connectivity index (χ1) is 33.9. The number of likely N-dealkylation sites (tertiary alicyclic amines) is 2. The zero-order valence-corrected chi connectivity index (χ0v) is 45.6. The van der Waals surface area contributed by atoms with E-state index in [1.807, 2.05) is 39.8 Å².